The van der Waals surface area contributed by atoms with Crippen molar-refractivity contribution in [2.24, 2.45) is 5.92 Å². The predicted molar refractivity (Wildman–Crippen MR) is 70.3 cm³/mol. The Balaban J connectivity index is 2.30. The Hall–Kier alpha value is -1.13. The maximum atomic E-state index is 12.7. The van der Waals surface area contributed by atoms with E-state index >= 15 is 0 Å². The van der Waals surface area contributed by atoms with Gasteiger partial charge in [0, 0.05) is 6.54 Å². The minimum absolute atomic E-state index is 0.0487. The molecule has 108 valence electrons. The highest BCUT2D eigenvalue weighted by atomic mass is 19.1. The van der Waals surface area contributed by atoms with E-state index in [0.717, 1.165) is 12.8 Å². The molecule has 0 radical (unpaired) electrons. The third-order valence-electron chi connectivity index (χ3n) is 4.75. The molecule has 0 spiro atoms. The fourth-order valence-corrected chi connectivity index (χ4v) is 2.91. The molecule has 2 unspecified atom stereocenters. The van der Waals surface area contributed by atoms with Crippen LogP contribution >= 0.6 is 0 Å². The maximum absolute atomic E-state index is 12.7. The Morgan fingerprint density at radius 2 is 2.00 bits per heavy atom. The first-order valence-corrected chi connectivity index (χ1v) is 7.10. The number of carbonyl (C=O) groups excluding carboxylic acids is 2. The van der Waals surface area contributed by atoms with E-state index in [1.807, 2.05) is 13.8 Å². The molecule has 1 N–H and O–H groups in total. The highest BCUT2D eigenvalue weighted by Crippen LogP contribution is 2.44. The second kappa shape index (κ2) is 4.76. The van der Waals surface area contributed by atoms with Crippen LogP contribution in [0.4, 0.5) is 4.39 Å². The molecule has 2 rings (SSSR count). The number of amides is 2. The summed E-state index contributed by atoms with van der Waals surface area (Å²) in [4.78, 5) is 26.8. The Morgan fingerprint density at radius 1 is 1.37 bits per heavy atom. The minimum atomic E-state index is -0.847. The Bertz CT molecular complexity index is 397. The Morgan fingerprint density at radius 3 is 2.47 bits per heavy atom. The van der Waals surface area contributed by atoms with E-state index in [1.165, 1.54) is 0 Å². The van der Waals surface area contributed by atoms with Crippen LogP contribution in [0, 0.1) is 5.92 Å². The van der Waals surface area contributed by atoms with E-state index in [0.29, 0.717) is 13.0 Å². The number of rotatable bonds is 5. The van der Waals surface area contributed by atoms with Gasteiger partial charge in [-0.15, -0.1) is 0 Å². The number of hydrogen-bond acceptors (Lipinski definition) is 2. The van der Waals surface area contributed by atoms with Gasteiger partial charge in [0.2, 0.25) is 11.8 Å². The van der Waals surface area contributed by atoms with E-state index in [-0.39, 0.29) is 24.2 Å². The molecule has 0 aromatic carbocycles. The topological polar surface area (TPSA) is 49.4 Å². The lowest BCUT2D eigenvalue weighted by molar-refractivity contribution is -0.163. The summed E-state index contributed by atoms with van der Waals surface area (Å²) in [5.74, 6) is 0.0773. The van der Waals surface area contributed by atoms with Crippen LogP contribution in [0.25, 0.3) is 0 Å². The van der Waals surface area contributed by atoms with Crippen molar-refractivity contribution >= 4 is 11.8 Å². The van der Waals surface area contributed by atoms with Crippen LogP contribution in [0.3, 0.4) is 0 Å². The molecular weight excluding hydrogens is 247 g/mol. The summed E-state index contributed by atoms with van der Waals surface area (Å²) >= 11 is 0. The van der Waals surface area contributed by atoms with Gasteiger partial charge in [-0.05, 0) is 45.4 Å². The number of carbonyl (C=O) groups is 2. The average Bonchev–Trinajstić information content (AvgIpc) is 3.21. The van der Waals surface area contributed by atoms with Crippen LogP contribution in [0.5, 0.6) is 0 Å². The lowest BCUT2D eigenvalue weighted by Crippen LogP contribution is -2.74. The third-order valence-corrected chi connectivity index (χ3v) is 4.75. The van der Waals surface area contributed by atoms with Crippen molar-refractivity contribution in [3.63, 3.8) is 0 Å². The van der Waals surface area contributed by atoms with Crippen LogP contribution in [-0.4, -0.2) is 41.0 Å². The molecule has 1 aliphatic heterocycles. The number of nitrogens with zero attached hydrogens (tertiary/aromatic N) is 1. The molecule has 1 heterocycles. The smallest absolute Gasteiger partial charge is 0.249 e. The summed E-state index contributed by atoms with van der Waals surface area (Å²) in [6.45, 7) is 5.31. The van der Waals surface area contributed by atoms with E-state index in [2.05, 4.69) is 5.32 Å². The summed E-state index contributed by atoms with van der Waals surface area (Å²) in [6.07, 6.45) is 2.78. The monoisotopic (exact) mass is 270 g/mol. The average molecular weight is 270 g/mol. The largest absolute Gasteiger partial charge is 0.340 e. The van der Waals surface area contributed by atoms with Crippen molar-refractivity contribution < 1.29 is 14.0 Å². The molecule has 2 amide bonds. The van der Waals surface area contributed by atoms with Gasteiger partial charge in [0.05, 0.1) is 6.67 Å². The summed E-state index contributed by atoms with van der Waals surface area (Å²) in [6, 6.07) is 0. The minimum Gasteiger partial charge on any atom is -0.340 e. The zero-order valence-corrected chi connectivity index (χ0v) is 12.0. The van der Waals surface area contributed by atoms with Gasteiger partial charge >= 0.3 is 0 Å². The molecule has 4 nitrogen and oxygen atoms in total. The molecular formula is C14H23FN2O2. The Kier molecular flexibility index (Phi) is 3.58. The first kappa shape index (κ1) is 14.3. The van der Waals surface area contributed by atoms with Gasteiger partial charge in [-0.1, -0.05) is 6.92 Å². The maximum Gasteiger partial charge on any atom is 0.249 e. The number of nitrogens with one attached hydrogen (secondary N) is 1. The van der Waals surface area contributed by atoms with Crippen LogP contribution in [0.1, 0.15) is 46.5 Å². The first-order valence-electron chi connectivity index (χ1n) is 7.10. The van der Waals surface area contributed by atoms with E-state index < -0.39 is 17.8 Å². The molecule has 5 heteroatoms. The van der Waals surface area contributed by atoms with Gasteiger partial charge in [0.15, 0.2) is 0 Å². The van der Waals surface area contributed by atoms with Crippen molar-refractivity contribution in [3.05, 3.63) is 0 Å². The molecule has 0 bridgehead atoms. The van der Waals surface area contributed by atoms with Crippen LogP contribution in [0.15, 0.2) is 0 Å². The van der Waals surface area contributed by atoms with Gasteiger partial charge in [0.25, 0.3) is 0 Å². The molecule has 19 heavy (non-hydrogen) atoms. The summed E-state index contributed by atoms with van der Waals surface area (Å²) in [7, 11) is 0. The number of piperazine rings is 1. The van der Waals surface area contributed by atoms with Crippen LogP contribution < -0.4 is 5.32 Å². The number of hydrogen-bond donors (Lipinski definition) is 1. The van der Waals surface area contributed by atoms with Gasteiger partial charge in [-0.2, -0.15) is 0 Å². The molecule has 2 fully saturated rings. The van der Waals surface area contributed by atoms with Crippen LogP contribution in [-0.2, 0) is 9.59 Å². The molecule has 0 aromatic heterocycles. The second-order valence-corrected chi connectivity index (χ2v) is 6.06. The first-order chi connectivity index (χ1) is 8.90. The zero-order chi connectivity index (χ0) is 14.3. The fourth-order valence-electron chi connectivity index (χ4n) is 2.91. The van der Waals surface area contributed by atoms with E-state index in [4.69, 9.17) is 0 Å². The zero-order valence-electron chi connectivity index (χ0n) is 12.0. The van der Waals surface area contributed by atoms with Crippen molar-refractivity contribution in [3.8, 4) is 0 Å². The Labute approximate surface area is 113 Å². The van der Waals surface area contributed by atoms with Gasteiger partial charge in [0.1, 0.15) is 11.1 Å². The highest BCUT2D eigenvalue weighted by molar-refractivity contribution is 6.02. The molecule has 2 atom stereocenters. The molecule has 1 saturated carbocycles. The second-order valence-electron chi connectivity index (χ2n) is 6.06. The summed E-state index contributed by atoms with van der Waals surface area (Å²) < 4.78 is 12.5. The number of alkyl halides is 1. The van der Waals surface area contributed by atoms with Crippen molar-refractivity contribution in [1.82, 2.24) is 10.2 Å². The quantitative estimate of drug-likeness (QED) is 0.825. The predicted octanol–water partition coefficient (Wildman–Crippen LogP) is 1.64. The highest BCUT2D eigenvalue weighted by Gasteiger charge is 2.58. The normalized spacial score (nSPS) is 35.5. The SMILES string of the molecule is CCC1(C)C(=O)NC(C)(C2CC2)C(=O)N1CCCF. The molecule has 1 aliphatic carbocycles. The molecule has 2 aliphatic rings. The van der Waals surface area contributed by atoms with E-state index in [9.17, 15) is 14.0 Å². The van der Waals surface area contributed by atoms with Gasteiger partial charge in [-0.25, -0.2) is 0 Å². The summed E-state index contributed by atoms with van der Waals surface area (Å²) in [5, 5.41) is 2.93. The summed E-state index contributed by atoms with van der Waals surface area (Å²) in [5.41, 5.74) is -1.64. The molecule has 1 saturated heterocycles. The van der Waals surface area contributed by atoms with Gasteiger partial charge in [-0.3, -0.25) is 14.0 Å². The van der Waals surface area contributed by atoms with Crippen molar-refractivity contribution in [1.29, 1.82) is 0 Å². The van der Waals surface area contributed by atoms with Crippen molar-refractivity contribution in [2.45, 2.75) is 57.5 Å². The third kappa shape index (κ3) is 2.13. The number of halogens is 1. The van der Waals surface area contributed by atoms with Crippen molar-refractivity contribution in [2.75, 3.05) is 13.2 Å². The lowest BCUT2D eigenvalue weighted by atomic mass is 9.82. The standard InChI is InChI=1S/C14H23FN2O2/c1-4-13(2)11(18)16-14(3,10-6-7-10)12(19)17(13)9-5-8-15/h10H,4-9H2,1-3H3,(H,16,18). The molecule has 0 aromatic rings. The van der Waals surface area contributed by atoms with Crippen LogP contribution in [0.2, 0.25) is 0 Å². The van der Waals surface area contributed by atoms with E-state index in [1.54, 1.807) is 11.8 Å². The van der Waals surface area contributed by atoms with Gasteiger partial charge < -0.3 is 10.2 Å². The lowest BCUT2D eigenvalue weighted by Gasteiger charge is -2.50. The fraction of sp³-hybridized carbons (Fsp3) is 0.857.